The molecule has 0 bridgehead atoms. The Labute approximate surface area is 289 Å². The van der Waals surface area contributed by atoms with Gasteiger partial charge in [0.05, 0.1) is 0 Å². The average Bonchev–Trinajstić information content (AvgIpc) is 3.12. The topological polar surface area (TPSA) is 66.0 Å². The van der Waals surface area contributed by atoms with Crippen LogP contribution in [0.5, 0.6) is 11.5 Å². The van der Waals surface area contributed by atoms with Gasteiger partial charge in [0, 0.05) is 0 Å². The van der Waals surface area contributed by atoms with Gasteiger partial charge in [0.1, 0.15) is 11.5 Å². The van der Waals surface area contributed by atoms with Crippen LogP contribution in [-0.2, 0) is 5.41 Å². The van der Waals surface area contributed by atoms with E-state index in [0.29, 0.717) is 22.3 Å². The van der Waals surface area contributed by atoms with Crippen molar-refractivity contribution in [3.8, 4) is 68.5 Å². The van der Waals surface area contributed by atoms with Crippen LogP contribution in [-0.4, -0.2) is 12.4 Å². The third-order valence-electron chi connectivity index (χ3n) is 8.60. The molecule has 252 valence electrons. The van der Waals surface area contributed by atoms with Crippen LogP contribution in [0.4, 0.5) is 26.3 Å². The lowest BCUT2D eigenvalue weighted by Gasteiger charge is -2.41. The van der Waals surface area contributed by atoms with Crippen molar-refractivity contribution in [2.24, 2.45) is 0 Å². The highest BCUT2D eigenvalue weighted by atomic mass is 19.4. The quantitative estimate of drug-likeness (QED) is 0.118. The molecular weight excluding hydrogens is 666 g/mol. The van der Waals surface area contributed by atoms with Crippen molar-refractivity contribution in [2.45, 2.75) is 17.8 Å². The van der Waals surface area contributed by atoms with Crippen LogP contribution in [0, 0.1) is 23.0 Å². The standard InChI is InChI=1S/C41H24F6N2O2/c42-40(43,44)39(41(45,46)47,37-15-7-5-13-35(37)33-11-3-1-9-31(33)27-17-21-29(22-18-27)50-25-48)38-16-8-6-14-36(38)34-12-4-2-10-32(34)28-19-23-30(24-20-28)51-26-49/h1-24H. The number of hydrogen-bond acceptors (Lipinski definition) is 4. The summed E-state index contributed by atoms with van der Waals surface area (Å²) in [5.74, 6) is 0.436. The zero-order chi connectivity index (χ0) is 36.2. The Morgan fingerprint density at radius 2 is 0.667 bits per heavy atom. The molecule has 0 saturated heterocycles. The summed E-state index contributed by atoms with van der Waals surface area (Å²) in [7, 11) is 0. The second kappa shape index (κ2) is 13.8. The third-order valence-corrected chi connectivity index (χ3v) is 8.60. The lowest BCUT2D eigenvalue weighted by molar-refractivity contribution is -0.288. The molecule has 0 aliphatic rings. The lowest BCUT2D eigenvalue weighted by atomic mass is 9.67. The van der Waals surface area contributed by atoms with Gasteiger partial charge >= 0.3 is 12.4 Å². The van der Waals surface area contributed by atoms with E-state index < -0.39 is 28.9 Å². The number of nitriles is 2. The van der Waals surface area contributed by atoms with Gasteiger partial charge in [-0.25, -0.2) is 0 Å². The zero-order valence-corrected chi connectivity index (χ0v) is 26.3. The summed E-state index contributed by atoms with van der Waals surface area (Å²) in [4.78, 5) is 0. The van der Waals surface area contributed by atoms with Gasteiger partial charge in [0.2, 0.25) is 5.41 Å². The van der Waals surface area contributed by atoms with E-state index in [0.717, 1.165) is 12.1 Å². The number of ether oxygens (including phenoxy) is 2. The van der Waals surface area contributed by atoms with Crippen LogP contribution in [0.2, 0.25) is 0 Å². The Morgan fingerprint density at radius 1 is 0.373 bits per heavy atom. The first-order valence-electron chi connectivity index (χ1n) is 15.3. The van der Waals surface area contributed by atoms with Crippen LogP contribution >= 0.6 is 0 Å². The summed E-state index contributed by atoms with van der Waals surface area (Å²) in [6, 6.07) is 34.1. The zero-order valence-electron chi connectivity index (χ0n) is 26.3. The maximum Gasteiger partial charge on any atom is 0.411 e. The van der Waals surface area contributed by atoms with Crippen molar-refractivity contribution >= 4 is 0 Å². The molecule has 6 aromatic rings. The number of nitrogens with zero attached hydrogens (tertiary/aromatic N) is 2. The fraction of sp³-hybridized carbons (Fsp3) is 0.0732. The van der Waals surface area contributed by atoms with Gasteiger partial charge in [-0.1, -0.05) is 121 Å². The van der Waals surface area contributed by atoms with Gasteiger partial charge in [-0.3, -0.25) is 0 Å². The van der Waals surface area contributed by atoms with Crippen molar-refractivity contribution in [3.05, 3.63) is 157 Å². The number of halogens is 6. The van der Waals surface area contributed by atoms with Crippen LogP contribution in [0.25, 0.3) is 44.5 Å². The van der Waals surface area contributed by atoms with Crippen molar-refractivity contribution in [1.82, 2.24) is 0 Å². The monoisotopic (exact) mass is 690 g/mol. The van der Waals surface area contributed by atoms with E-state index in [1.54, 1.807) is 73.2 Å². The molecule has 0 aliphatic heterocycles. The highest BCUT2D eigenvalue weighted by Gasteiger charge is 2.73. The van der Waals surface area contributed by atoms with Gasteiger partial charge in [0.25, 0.3) is 12.5 Å². The lowest BCUT2D eigenvalue weighted by Crippen LogP contribution is -2.55. The summed E-state index contributed by atoms with van der Waals surface area (Å²) < 4.78 is 105. The van der Waals surface area contributed by atoms with Gasteiger partial charge in [0.15, 0.2) is 0 Å². The van der Waals surface area contributed by atoms with E-state index in [4.69, 9.17) is 20.0 Å². The van der Waals surface area contributed by atoms with Gasteiger partial charge < -0.3 is 9.47 Å². The number of benzene rings is 6. The minimum absolute atomic E-state index is 0.137. The summed E-state index contributed by atoms with van der Waals surface area (Å²) in [6.45, 7) is 0. The molecule has 6 aromatic carbocycles. The molecule has 0 saturated carbocycles. The summed E-state index contributed by atoms with van der Waals surface area (Å²) >= 11 is 0. The molecule has 51 heavy (non-hydrogen) atoms. The molecule has 4 nitrogen and oxygen atoms in total. The predicted molar refractivity (Wildman–Crippen MR) is 180 cm³/mol. The molecule has 0 spiro atoms. The number of alkyl halides is 6. The molecule has 0 N–H and O–H groups in total. The number of hydrogen-bond donors (Lipinski definition) is 0. The van der Waals surface area contributed by atoms with Gasteiger partial charge in [-0.2, -0.15) is 26.3 Å². The maximum atomic E-state index is 15.9. The van der Waals surface area contributed by atoms with Gasteiger partial charge in [-0.15, -0.1) is 10.5 Å². The average molecular weight is 691 g/mol. The van der Waals surface area contributed by atoms with E-state index in [9.17, 15) is 0 Å². The van der Waals surface area contributed by atoms with Crippen LogP contribution in [0.1, 0.15) is 11.1 Å². The Hall–Kier alpha value is -6.52. The normalized spacial score (nSPS) is 11.7. The second-order valence-electron chi connectivity index (χ2n) is 11.4. The summed E-state index contributed by atoms with van der Waals surface area (Å²) in [5.41, 5.74) is -5.05. The molecule has 0 aliphatic carbocycles. The largest absolute Gasteiger partial charge is 0.411 e. The summed E-state index contributed by atoms with van der Waals surface area (Å²) in [6.07, 6.45) is -8.65. The van der Waals surface area contributed by atoms with Crippen molar-refractivity contribution < 1.29 is 35.8 Å². The first-order valence-corrected chi connectivity index (χ1v) is 15.3. The maximum absolute atomic E-state index is 15.9. The molecule has 10 heteroatoms. The Bertz CT molecular complexity index is 2100. The first kappa shape index (κ1) is 34.3. The second-order valence-corrected chi connectivity index (χ2v) is 11.4. The first-order chi connectivity index (χ1) is 24.5. The van der Waals surface area contributed by atoms with E-state index >= 15 is 26.3 Å². The number of rotatable bonds is 8. The smallest absolute Gasteiger partial charge is 0.388 e. The molecule has 0 fully saturated rings. The molecule has 0 amide bonds. The van der Waals surface area contributed by atoms with E-state index in [1.165, 1.54) is 72.8 Å². The van der Waals surface area contributed by atoms with Crippen molar-refractivity contribution in [1.29, 1.82) is 10.5 Å². The predicted octanol–water partition coefficient (Wildman–Crippen LogP) is 11.5. The molecule has 0 unspecified atom stereocenters. The van der Waals surface area contributed by atoms with Gasteiger partial charge in [-0.05, 0) is 79.9 Å². The molecule has 0 aromatic heterocycles. The summed E-state index contributed by atoms with van der Waals surface area (Å²) in [5, 5.41) is 17.7. The van der Waals surface area contributed by atoms with E-state index in [-0.39, 0.29) is 33.8 Å². The fourth-order valence-corrected chi connectivity index (χ4v) is 6.46. The highest BCUT2D eigenvalue weighted by Crippen LogP contribution is 2.60. The molecule has 0 heterocycles. The Morgan fingerprint density at radius 3 is 0.980 bits per heavy atom. The van der Waals surface area contributed by atoms with Crippen molar-refractivity contribution in [3.63, 3.8) is 0 Å². The minimum atomic E-state index is -5.88. The Kier molecular flexibility index (Phi) is 9.27. The SMILES string of the molecule is N#COc1ccc(-c2ccccc2-c2ccccc2C(c2ccccc2-c2ccccc2-c2ccc(OC#N)cc2)(C(F)(F)F)C(F)(F)F)cc1. The molecular formula is C41H24F6N2O2. The van der Waals surface area contributed by atoms with E-state index in [2.05, 4.69) is 0 Å². The Balaban J connectivity index is 1.64. The van der Waals surface area contributed by atoms with E-state index in [1.807, 2.05) is 0 Å². The molecule has 6 rings (SSSR count). The molecule has 0 atom stereocenters. The molecule has 0 radical (unpaired) electrons. The van der Waals surface area contributed by atoms with Crippen LogP contribution in [0.3, 0.4) is 0 Å². The van der Waals surface area contributed by atoms with Crippen LogP contribution in [0.15, 0.2) is 146 Å². The van der Waals surface area contributed by atoms with Crippen molar-refractivity contribution in [2.75, 3.05) is 0 Å². The third kappa shape index (κ3) is 6.24. The highest BCUT2D eigenvalue weighted by molar-refractivity contribution is 5.89. The fourth-order valence-electron chi connectivity index (χ4n) is 6.46. The minimum Gasteiger partial charge on any atom is -0.388 e. The van der Waals surface area contributed by atoms with Crippen LogP contribution < -0.4 is 9.47 Å².